The summed E-state index contributed by atoms with van der Waals surface area (Å²) in [4.78, 5) is 12.4. The summed E-state index contributed by atoms with van der Waals surface area (Å²) < 4.78 is 64.6. The first kappa shape index (κ1) is 19.7. The van der Waals surface area contributed by atoms with E-state index >= 15 is 0 Å². The lowest BCUT2D eigenvalue weighted by atomic mass is 10.1. The first-order chi connectivity index (χ1) is 11.4. The quantitative estimate of drug-likeness (QED) is 0.707. The molecule has 138 valence electrons. The molecular formula is C15H17F3N2O3S2. The van der Waals surface area contributed by atoms with Crippen LogP contribution in [0.5, 0.6) is 0 Å². The summed E-state index contributed by atoms with van der Waals surface area (Å²) in [6.45, 7) is 1.25. The standard InChI is InChI=1S/C15H17F3N2O3S2/c1-10-7-12(11(2)20(10)9-15(16,17)18)13(21)8-19(3)25(22,23)14-5-4-6-24-14/h4-7H,8-9H2,1-3H3. The number of likely N-dealkylation sites (N-methyl/N-ethyl adjacent to an activating group) is 1. The molecule has 0 N–H and O–H groups in total. The lowest BCUT2D eigenvalue weighted by Crippen LogP contribution is -2.32. The van der Waals surface area contributed by atoms with Gasteiger partial charge in [0.1, 0.15) is 10.8 Å². The third-order valence-corrected chi connectivity index (χ3v) is 6.91. The number of aromatic nitrogens is 1. The number of aryl methyl sites for hydroxylation is 1. The Bertz CT molecular complexity index is 869. The molecule has 25 heavy (non-hydrogen) atoms. The summed E-state index contributed by atoms with van der Waals surface area (Å²) in [7, 11) is -2.53. The van der Waals surface area contributed by atoms with E-state index in [9.17, 15) is 26.4 Å². The van der Waals surface area contributed by atoms with Gasteiger partial charge in [0, 0.05) is 24.0 Å². The van der Waals surface area contributed by atoms with Crippen LogP contribution in [0.25, 0.3) is 0 Å². The molecule has 2 heterocycles. The lowest BCUT2D eigenvalue weighted by molar-refractivity contribution is -0.141. The number of sulfonamides is 1. The summed E-state index contributed by atoms with van der Waals surface area (Å²) in [6.07, 6.45) is -4.41. The van der Waals surface area contributed by atoms with Crippen molar-refractivity contribution in [1.82, 2.24) is 8.87 Å². The molecule has 0 bridgehead atoms. The van der Waals surface area contributed by atoms with Crippen molar-refractivity contribution in [3.8, 4) is 0 Å². The monoisotopic (exact) mass is 394 g/mol. The molecule has 0 unspecified atom stereocenters. The van der Waals surface area contributed by atoms with Gasteiger partial charge in [-0.25, -0.2) is 8.42 Å². The van der Waals surface area contributed by atoms with Crippen molar-refractivity contribution >= 4 is 27.1 Å². The number of nitrogens with zero attached hydrogens (tertiary/aromatic N) is 2. The Kier molecular flexibility index (Phi) is 5.45. The van der Waals surface area contributed by atoms with E-state index in [1.807, 2.05) is 0 Å². The molecule has 0 aliphatic rings. The molecule has 0 atom stereocenters. The number of thiophene rings is 1. The zero-order valence-corrected chi connectivity index (χ0v) is 15.4. The first-order valence-electron chi connectivity index (χ1n) is 7.20. The summed E-state index contributed by atoms with van der Waals surface area (Å²) in [6, 6.07) is 4.36. The number of carbonyl (C=O) groups is 1. The zero-order valence-electron chi connectivity index (χ0n) is 13.8. The fourth-order valence-corrected chi connectivity index (χ4v) is 4.77. The SMILES string of the molecule is Cc1cc(C(=O)CN(C)S(=O)(=O)c2cccs2)c(C)n1CC(F)(F)F. The Labute approximate surface area is 147 Å². The van der Waals surface area contributed by atoms with Crippen molar-refractivity contribution in [3.05, 3.63) is 40.5 Å². The van der Waals surface area contributed by atoms with Gasteiger partial charge in [-0.15, -0.1) is 11.3 Å². The number of rotatable bonds is 6. The zero-order chi connectivity index (χ0) is 19.0. The molecule has 0 radical (unpaired) electrons. The second-order valence-corrected chi connectivity index (χ2v) is 8.82. The van der Waals surface area contributed by atoms with Crippen LogP contribution in [0, 0.1) is 13.8 Å². The number of alkyl halides is 3. The number of carbonyl (C=O) groups excluding carboxylic acids is 1. The largest absolute Gasteiger partial charge is 0.406 e. The van der Waals surface area contributed by atoms with Gasteiger partial charge in [-0.05, 0) is 31.4 Å². The first-order valence-corrected chi connectivity index (χ1v) is 9.52. The molecular weight excluding hydrogens is 377 g/mol. The highest BCUT2D eigenvalue weighted by Gasteiger charge is 2.31. The van der Waals surface area contributed by atoms with Crippen molar-refractivity contribution in [2.75, 3.05) is 13.6 Å². The Hall–Kier alpha value is -1.65. The second-order valence-electron chi connectivity index (χ2n) is 5.60. The van der Waals surface area contributed by atoms with E-state index in [-0.39, 0.29) is 15.5 Å². The van der Waals surface area contributed by atoms with Gasteiger partial charge >= 0.3 is 6.18 Å². The maximum atomic E-state index is 12.6. The van der Waals surface area contributed by atoms with Gasteiger partial charge in [0.25, 0.3) is 10.0 Å². The summed E-state index contributed by atoms with van der Waals surface area (Å²) >= 11 is 1.03. The Morgan fingerprint density at radius 2 is 1.96 bits per heavy atom. The minimum absolute atomic E-state index is 0.0926. The molecule has 0 aliphatic heterocycles. The number of halogens is 3. The van der Waals surface area contributed by atoms with Gasteiger partial charge in [0.15, 0.2) is 5.78 Å². The predicted molar refractivity (Wildman–Crippen MR) is 88.4 cm³/mol. The van der Waals surface area contributed by atoms with E-state index in [4.69, 9.17) is 0 Å². The molecule has 2 aromatic rings. The molecule has 0 saturated heterocycles. The highest BCUT2D eigenvalue weighted by Crippen LogP contribution is 2.24. The Morgan fingerprint density at radius 3 is 2.48 bits per heavy atom. The van der Waals surface area contributed by atoms with Gasteiger partial charge < -0.3 is 4.57 Å². The van der Waals surface area contributed by atoms with Crippen LogP contribution in [0.2, 0.25) is 0 Å². The van der Waals surface area contributed by atoms with Crippen LogP contribution in [-0.4, -0.2) is 42.8 Å². The van der Waals surface area contributed by atoms with Crippen LogP contribution in [0.1, 0.15) is 21.7 Å². The molecule has 0 spiro atoms. The van der Waals surface area contributed by atoms with E-state index in [2.05, 4.69) is 0 Å². The third-order valence-electron chi connectivity index (χ3n) is 3.74. The van der Waals surface area contributed by atoms with Crippen LogP contribution in [0.15, 0.2) is 27.8 Å². The van der Waals surface area contributed by atoms with E-state index in [0.717, 1.165) is 20.2 Å². The average Bonchev–Trinajstić information content (AvgIpc) is 3.10. The molecule has 0 amide bonds. The van der Waals surface area contributed by atoms with Gasteiger partial charge in [0.2, 0.25) is 0 Å². The highest BCUT2D eigenvalue weighted by atomic mass is 32.2. The van der Waals surface area contributed by atoms with Crippen molar-refractivity contribution in [1.29, 1.82) is 0 Å². The summed E-state index contributed by atoms with van der Waals surface area (Å²) in [5, 5.41) is 1.60. The molecule has 5 nitrogen and oxygen atoms in total. The van der Waals surface area contributed by atoms with Gasteiger partial charge in [-0.1, -0.05) is 6.07 Å². The summed E-state index contributed by atoms with van der Waals surface area (Å²) in [5.41, 5.74) is 0.554. The van der Waals surface area contributed by atoms with E-state index in [1.54, 1.807) is 11.4 Å². The summed E-state index contributed by atoms with van der Waals surface area (Å²) in [5.74, 6) is -0.552. The second kappa shape index (κ2) is 6.93. The van der Waals surface area contributed by atoms with E-state index in [0.29, 0.717) is 5.69 Å². The molecule has 0 saturated carbocycles. The number of ketones is 1. The smallest absolute Gasteiger partial charge is 0.339 e. The maximum Gasteiger partial charge on any atom is 0.406 e. The highest BCUT2D eigenvalue weighted by molar-refractivity contribution is 7.91. The molecule has 0 aliphatic carbocycles. The lowest BCUT2D eigenvalue weighted by Gasteiger charge is -2.15. The fraction of sp³-hybridized carbons (Fsp3) is 0.400. The Morgan fingerprint density at radius 1 is 1.32 bits per heavy atom. The third kappa shape index (κ3) is 4.31. The van der Waals surface area contributed by atoms with E-state index < -0.39 is 35.1 Å². The van der Waals surface area contributed by atoms with Crippen LogP contribution >= 0.6 is 11.3 Å². The van der Waals surface area contributed by atoms with Gasteiger partial charge in [-0.3, -0.25) is 4.79 Å². The van der Waals surface area contributed by atoms with Crippen molar-refractivity contribution in [2.45, 2.75) is 30.8 Å². The van der Waals surface area contributed by atoms with Gasteiger partial charge in [-0.2, -0.15) is 17.5 Å². The van der Waals surface area contributed by atoms with Crippen molar-refractivity contribution in [3.63, 3.8) is 0 Å². The predicted octanol–water partition coefficient (Wildman–Crippen LogP) is 3.23. The molecule has 2 aromatic heterocycles. The minimum atomic E-state index is -4.41. The van der Waals surface area contributed by atoms with Gasteiger partial charge in [0.05, 0.1) is 6.54 Å². The molecule has 10 heteroatoms. The van der Waals surface area contributed by atoms with Crippen LogP contribution in [0.4, 0.5) is 13.2 Å². The minimum Gasteiger partial charge on any atom is -0.339 e. The molecule has 0 fully saturated rings. The maximum absolute atomic E-state index is 12.6. The van der Waals surface area contributed by atoms with Crippen molar-refractivity contribution in [2.24, 2.45) is 0 Å². The molecule has 0 aromatic carbocycles. The normalized spacial score (nSPS) is 12.8. The van der Waals surface area contributed by atoms with Crippen LogP contribution < -0.4 is 0 Å². The van der Waals surface area contributed by atoms with E-state index in [1.165, 1.54) is 33.0 Å². The number of hydrogen-bond donors (Lipinski definition) is 0. The molecule has 2 rings (SSSR count). The van der Waals surface area contributed by atoms with Crippen molar-refractivity contribution < 1.29 is 26.4 Å². The number of Topliss-reactive ketones (excluding diaryl/α,β-unsaturated/α-hetero) is 1. The average molecular weight is 394 g/mol. The fourth-order valence-electron chi connectivity index (χ4n) is 2.44. The Balaban J connectivity index is 2.23. The van der Waals surface area contributed by atoms with Crippen LogP contribution in [-0.2, 0) is 16.6 Å². The van der Waals surface area contributed by atoms with Crippen LogP contribution in [0.3, 0.4) is 0 Å². The topological polar surface area (TPSA) is 59.4 Å². The number of hydrogen-bond acceptors (Lipinski definition) is 4.